The van der Waals surface area contributed by atoms with Gasteiger partial charge in [0.05, 0.1) is 24.7 Å². The quantitative estimate of drug-likeness (QED) is 0.607. The van der Waals surface area contributed by atoms with Crippen LogP contribution in [0.2, 0.25) is 5.15 Å². The van der Waals surface area contributed by atoms with Crippen LogP contribution in [0.15, 0.2) is 12.4 Å². The molecule has 0 amide bonds. The van der Waals surface area contributed by atoms with Gasteiger partial charge in [-0.2, -0.15) is 11.8 Å². The van der Waals surface area contributed by atoms with Crippen LogP contribution < -0.4 is 5.73 Å². The summed E-state index contributed by atoms with van der Waals surface area (Å²) in [5, 5.41) is 0.382. The van der Waals surface area contributed by atoms with Crippen LogP contribution in [-0.4, -0.2) is 34.3 Å². The molecule has 0 radical (unpaired) electrons. The molecule has 0 aliphatic carbocycles. The van der Waals surface area contributed by atoms with E-state index in [0.717, 1.165) is 17.2 Å². The van der Waals surface area contributed by atoms with Crippen molar-refractivity contribution in [2.75, 3.05) is 12.4 Å². The maximum absolute atomic E-state index is 11.3. The summed E-state index contributed by atoms with van der Waals surface area (Å²) in [4.78, 5) is 19.3. The Kier molecular flexibility index (Phi) is 7.00. The average molecular weight is 290 g/mol. The van der Waals surface area contributed by atoms with Crippen LogP contribution in [0, 0.1) is 0 Å². The Hall–Kier alpha value is -0.850. The molecule has 5 nitrogen and oxygen atoms in total. The molecule has 18 heavy (non-hydrogen) atoms. The molecule has 0 saturated heterocycles. The number of rotatable bonds is 7. The van der Waals surface area contributed by atoms with E-state index in [1.54, 1.807) is 24.9 Å². The standard InChI is InChI=1S/C11H16ClN3O2S/c1-2-17-11(16)9(13)3-4-18-7-8-5-15-10(12)6-14-8/h5-6,9H,2-4,7,13H2,1H3. The summed E-state index contributed by atoms with van der Waals surface area (Å²) in [6.07, 6.45) is 3.74. The van der Waals surface area contributed by atoms with E-state index in [1.807, 2.05) is 0 Å². The predicted octanol–water partition coefficient (Wildman–Crippen LogP) is 1.64. The molecule has 0 aliphatic rings. The van der Waals surface area contributed by atoms with Crippen molar-refractivity contribution >= 4 is 29.3 Å². The molecule has 0 saturated carbocycles. The van der Waals surface area contributed by atoms with E-state index >= 15 is 0 Å². The molecule has 0 fully saturated rings. The molecule has 0 aliphatic heterocycles. The molecule has 1 heterocycles. The molecule has 1 aromatic rings. The fourth-order valence-electron chi connectivity index (χ4n) is 1.17. The van der Waals surface area contributed by atoms with Crippen LogP contribution in [0.25, 0.3) is 0 Å². The largest absolute Gasteiger partial charge is 0.465 e. The van der Waals surface area contributed by atoms with Gasteiger partial charge in [-0.1, -0.05) is 11.6 Å². The maximum Gasteiger partial charge on any atom is 0.322 e. The summed E-state index contributed by atoms with van der Waals surface area (Å²) in [6.45, 7) is 2.12. The lowest BCUT2D eigenvalue weighted by Gasteiger charge is -2.09. The van der Waals surface area contributed by atoms with E-state index in [0.29, 0.717) is 18.2 Å². The molecular formula is C11H16ClN3O2S. The maximum atomic E-state index is 11.3. The van der Waals surface area contributed by atoms with Crippen molar-refractivity contribution < 1.29 is 9.53 Å². The number of hydrogen-bond donors (Lipinski definition) is 1. The highest BCUT2D eigenvalue weighted by molar-refractivity contribution is 7.98. The number of esters is 1. The van der Waals surface area contributed by atoms with Crippen LogP contribution in [-0.2, 0) is 15.3 Å². The van der Waals surface area contributed by atoms with Crippen LogP contribution >= 0.6 is 23.4 Å². The third-order valence-electron chi connectivity index (χ3n) is 2.09. The van der Waals surface area contributed by atoms with Crippen molar-refractivity contribution in [1.82, 2.24) is 9.97 Å². The highest BCUT2D eigenvalue weighted by atomic mass is 35.5. The zero-order valence-electron chi connectivity index (χ0n) is 10.1. The van der Waals surface area contributed by atoms with Gasteiger partial charge in [-0.25, -0.2) is 4.98 Å². The minimum absolute atomic E-state index is 0.343. The molecule has 0 bridgehead atoms. The van der Waals surface area contributed by atoms with E-state index in [4.69, 9.17) is 22.1 Å². The fourth-order valence-corrected chi connectivity index (χ4v) is 2.19. The topological polar surface area (TPSA) is 78.1 Å². The predicted molar refractivity (Wildman–Crippen MR) is 72.4 cm³/mol. The lowest BCUT2D eigenvalue weighted by atomic mass is 10.2. The zero-order chi connectivity index (χ0) is 13.4. The first-order valence-corrected chi connectivity index (χ1v) is 7.13. The van der Waals surface area contributed by atoms with Crippen LogP contribution in [0.5, 0.6) is 0 Å². The minimum atomic E-state index is -0.547. The minimum Gasteiger partial charge on any atom is -0.465 e. The first-order valence-electron chi connectivity index (χ1n) is 5.60. The Bertz CT molecular complexity index is 375. The number of carbonyl (C=O) groups is 1. The van der Waals surface area contributed by atoms with Gasteiger partial charge in [0.25, 0.3) is 0 Å². The molecule has 1 unspecified atom stereocenters. The Morgan fingerprint density at radius 2 is 2.33 bits per heavy atom. The Labute approximate surface area is 115 Å². The van der Waals surface area contributed by atoms with Gasteiger partial charge in [0.1, 0.15) is 11.2 Å². The fraction of sp³-hybridized carbons (Fsp3) is 0.545. The molecule has 0 aromatic carbocycles. The van der Waals surface area contributed by atoms with Gasteiger partial charge in [-0.15, -0.1) is 0 Å². The number of aromatic nitrogens is 2. The molecule has 1 aromatic heterocycles. The van der Waals surface area contributed by atoms with Crippen molar-refractivity contribution in [2.45, 2.75) is 25.1 Å². The molecule has 1 atom stereocenters. The van der Waals surface area contributed by atoms with Gasteiger partial charge in [0.15, 0.2) is 0 Å². The van der Waals surface area contributed by atoms with Gasteiger partial charge in [0, 0.05) is 5.75 Å². The summed E-state index contributed by atoms with van der Waals surface area (Å²) in [5.74, 6) is 1.15. The number of hydrogen-bond acceptors (Lipinski definition) is 6. The molecule has 0 spiro atoms. The van der Waals surface area contributed by atoms with Crippen molar-refractivity contribution in [2.24, 2.45) is 5.73 Å². The van der Waals surface area contributed by atoms with Gasteiger partial charge >= 0.3 is 5.97 Å². The molecule has 7 heteroatoms. The highest BCUT2D eigenvalue weighted by Crippen LogP contribution is 2.12. The lowest BCUT2D eigenvalue weighted by molar-refractivity contribution is -0.144. The Balaban J connectivity index is 2.18. The molecule has 1 rings (SSSR count). The number of halogens is 1. The van der Waals surface area contributed by atoms with Crippen molar-refractivity contribution in [1.29, 1.82) is 0 Å². The summed E-state index contributed by atoms with van der Waals surface area (Å²) in [5.41, 5.74) is 6.52. The van der Waals surface area contributed by atoms with Crippen molar-refractivity contribution in [3.63, 3.8) is 0 Å². The number of ether oxygens (including phenoxy) is 1. The van der Waals surface area contributed by atoms with Gasteiger partial charge in [0.2, 0.25) is 0 Å². The third kappa shape index (κ3) is 5.66. The summed E-state index contributed by atoms with van der Waals surface area (Å²) in [6, 6.07) is -0.547. The van der Waals surface area contributed by atoms with Crippen LogP contribution in [0.1, 0.15) is 19.0 Å². The number of carbonyl (C=O) groups excluding carboxylic acids is 1. The lowest BCUT2D eigenvalue weighted by Crippen LogP contribution is -2.32. The van der Waals surface area contributed by atoms with E-state index in [2.05, 4.69) is 9.97 Å². The van der Waals surface area contributed by atoms with Gasteiger partial charge in [-0.3, -0.25) is 9.78 Å². The highest BCUT2D eigenvalue weighted by Gasteiger charge is 2.13. The third-order valence-corrected chi connectivity index (χ3v) is 3.31. The summed E-state index contributed by atoms with van der Waals surface area (Å²) in [7, 11) is 0. The number of thioether (sulfide) groups is 1. The molecular weight excluding hydrogens is 274 g/mol. The summed E-state index contributed by atoms with van der Waals surface area (Å²) >= 11 is 7.27. The Morgan fingerprint density at radius 3 is 2.94 bits per heavy atom. The van der Waals surface area contributed by atoms with Gasteiger partial charge in [-0.05, 0) is 19.1 Å². The SMILES string of the molecule is CCOC(=O)C(N)CCSCc1cnc(Cl)cn1. The first-order chi connectivity index (χ1) is 8.63. The normalized spacial score (nSPS) is 12.2. The van der Waals surface area contributed by atoms with E-state index in [-0.39, 0.29) is 5.97 Å². The van der Waals surface area contributed by atoms with E-state index in [1.165, 1.54) is 6.20 Å². The average Bonchev–Trinajstić information content (AvgIpc) is 2.36. The Morgan fingerprint density at radius 1 is 1.56 bits per heavy atom. The smallest absolute Gasteiger partial charge is 0.322 e. The van der Waals surface area contributed by atoms with Crippen molar-refractivity contribution in [3.05, 3.63) is 23.2 Å². The second kappa shape index (κ2) is 8.29. The second-order valence-corrected chi connectivity index (χ2v) is 5.02. The van der Waals surface area contributed by atoms with E-state index < -0.39 is 6.04 Å². The molecule has 100 valence electrons. The number of nitrogens with zero attached hydrogens (tertiary/aromatic N) is 2. The van der Waals surface area contributed by atoms with Gasteiger partial charge < -0.3 is 10.5 Å². The van der Waals surface area contributed by atoms with Crippen molar-refractivity contribution in [3.8, 4) is 0 Å². The second-order valence-electron chi connectivity index (χ2n) is 3.53. The zero-order valence-corrected chi connectivity index (χ0v) is 11.7. The first kappa shape index (κ1) is 15.2. The van der Waals surface area contributed by atoms with Crippen LogP contribution in [0.3, 0.4) is 0 Å². The number of nitrogens with two attached hydrogens (primary N) is 1. The van der Waals surface area contributed by atoms with E-state index in [9.17, 15) is 4.79 Å². The molecule has 2 N–H and O–H groups in total. The summed E-state index contributed by atoms with van der Waals surface area (Å²) < 4.78 is 4.82. The monoisotopic (exact) mass is 289 g/mol. The van der Waals surface area contributed by atoms with Crippen LogP contribution in [0.4, 0.5) is 0 Å².